The Morgan fingerprint density at radius 1 is 1.31 bits per heavy atom. The molecule has 0 saturated heterocycles. The lowest BCUT2D eigenvalue weighted by molar-refractivity contribution is 0.616. The fourth-order valence-electron chi connectivity index (χ4n) is 1.26. The van der Waals surface area contributed by atoms with Crippen LogP contribution in [0.15, 0.2) is 24.3 Å². The third-order valence-corrected chi connectivity index (χ3v) is 2.05. The number of rotatable bonds is 6. The van der Waals surface area contributed by atoms with Crippen molar-refractivity contribution in [3.8, 4) is 0 Å². The minimum atomic E-state index is 0.949. The molecule has 0 fully saturated rings. The normalized spacial score (nSPS) is 10.2. The lowest BCUT2D eigenvalue weighted by atomic mass is 10.2. The van der Waals surface area contributed by atoms with Crippen LogP contribution in [0.1, 0.15) is 31.7 Å². The Bertz CT molecular complexity index is 206. The average molecular weight is 176 g/mol. The molecule has 1 N–H and O–H groups in total. The predicted molar refractivity (Wildman–Crippen MR) is 56.5 cm³/mol. The van der Waals surface area contributed by atoms with Crippen molar-refractivity contribution < 1.29 is 0 Å². The van der Waals surface area contributed by atoms with Crippen molar-refractivity contribution in [3.63, 3.8) is 0 Å². The molecule has 71 valence electrons. The monoisotopic (exact) mass is 176 g/mol. The molecule has 0 atom stereocenters. The van der Waals surface area contributed by atoms with Gasteiger partial charge in [-0.1, -0.05) is 44.0 Å². The van der Waals surface area contributed by atoms with Crippen molar-refractivity contribution in [1.29, 1.82) is 0 Å². The summed E-state index contributed by atoms with van der Waals surface area (Å²) in [7, 11) is 0. The predicted octanol–water partition coefficient (Wildman–Crippen LogP) is 2.77. The first-order valence-corrected chi connectivity index (χ1v) is 5.10. The number of nitrogens with one attached hydrogen (secondary N) is 1. The maximum Gasteiger partial charge on any atom is 0.0211 e. The molecule has 0 heterocycles. The van der Waals surface area contributed by atoms with Crippen LogP contribution < -0.4 is 5.32 Å². The van der Waals surface area contributed by atoms with Crippen molar-refractivity contribution in [3.05, 3.63) is 35.9 Å². The molecular weight excluding hydrogens is 158 g/mol. The fourth-order valence-corrected chi connectivity index (χ4v) is 1.26. The molecule has 13 heavy (non-hydrogen) atoms. The van der Waals surface area contributed by atoms with Crippen molar-refractivity contribution in [2.75, 3.05) is 6.54 Å². The summed E-state index contributed by atoms with van der Waals surface area (Å²) in [5, 5.41) is 3.41. The van der Waals surface area contributed by atoms with Crippen LogP contribution in [0, 0.1) is 6.07 Å². The molecule has 0 aliphatic carbocycles. The van der Waals surface area contributed by atoms with Crippen LogP contribution in [0.4, 0.5) is 0 Å². The molecule has 0 aliphatic heterocycles. The van der Waals surface area contributed by atoms with Gasteiger partial charge in [-0.05, 0) is 24.6 Å². The standard InChI is InChI=1S/C12H18N/c1-2-3-7-10-13-11-12-8-5-4-6-9-12/h4-6,8,13H,2-3,7,10-11H2,1H3. The van der Waals surface area contributed by atoms with E-state index in [0.29, 0.717) is 0 Å². The van der Waals surface area contributed by atoms with E-state index in [-0.39, 0.29) is 0 Å². The van der Waals surface area contributed by atoms with Gasteiger partial charge in [-0.2, -0.15) is 0 Å². The van der Waals surface area contributed by atoms with Crippen LogP contribution in [-0.4, -0.2) is 6.54 Å². The van der Waals surface area contributed by atoms with Crippen LogP contribution in [-0.2, 0) is 6.54 Å². The molecule has 0 amide bonds. The third kappa shape index (κ3) is 4.69. The first kappa shape index (κ1) is 10.3. The van der Waals surface area contributed by atoms with Crippen LogP contribution in [0.25, 0.3) is 0 Å². The van der Waals surface area contributed by atoms with Gasteiger partial charge in [-0.3, -0.25) is 0 Å². The number of unbranched alkanes of at least 4 members (excludes halogenated alkanes) is 2. The van der Waals surface area contributed by atoms with Gasteiger partial charge in [-0.15, -0.1) is 0 Å². The Hall–Kier alpha value is -0.820. The van der Waals surface area contributed by atoms with Crippen LogP contribution in [0.5, 0.6) is 0 Å². The zero-order valence-corrected chi connectivity index (χ0v) is 8.34. The van der Waals surface area contributed by atoms with Gasteiger partial charge in [0.05, 0.1) is 0 Å². The Morgan fingerprint density at radius 2 is 2.23 bits per heavy atom. The summed E-state index contributed by atoms with van der Waals surface area (Å²) in [6, 6.07) is 11.3. The fraction of sp³-hybridized carbons (Fsp3) is 0.500. The molecule has 1 rings (SSSR count). The summed E-state index contributed by atoms with van der Waals surface area (Å²) >= 11 is 0. The SMILES string of the molecule is CCCCCNCc1[c]cccc1. The van der Waals surface area contributed by atoms with Gasteiger partial charge in [0, 0.05) is 6.54 Å². The zero-order valence-electron chi connectivity index (χ0n) is 8.34. The molecule has 1 heteroatoms. The van der Waals surface area contributed by atoms with E-state index < -0.39 is 0 Å². The summed E-state index contributed by atoms with van der Waals surface area (Å²) in [4.78, 5) is 0. The topological polar surface area (TPSA) is 12.0 Å². The molecule has 0 saturated carbocycles. The highest BCUT2D eigenvalue weighted by atomic mass is 14.8. The van der Waals surface area contributed by atoms with E-state index in [1.807, 2.05) is 12.1 Å². The van der Waals surface area contributed by atoms with Gasteiger partial charge in [0.1, 0.15) is 0 Å². The van der Waals surface area contributed by atoms with Crippen molar-refractivity contribution in [2.24, 2.45) is 0 Å². The second-order valence-electron chi connectivity index (χ2n) is 3.27. The van der Waals surface area contributed by atoms with Gasteiger partial charge >= 0.3 is 0 Å². The summed E-state index contributed by atoms with van der Waals surface area (Å²) in [6.07, 6.45) is 3.90. The minimum Gasteiger partial charge on any atom is -0.313 e. The molecule has 0 aromatic heterocycles. The Labute approximate surface area is 81.2 Å². The molecule has 0 aliphatic rings. The Morgan fingerprint density at radius 3 is 2.92 bits per heavy atom. The highest BCUT2D eigenvalue weighted by Crippen LogP contribution is 1.97. The van der Waals surface area contributed by atoms with E-state index in [9.17, 15) is 0 Å². The Kier molecular flexibility index (Phi) is 5.27. The van der Waals surface area contributed by atoms with E-state index in [2.05, 4.69) is 30.4 Å². The minimum absolute atomic E-state index is 0.949. The van der Waals surface area contributed by atoms with Gasteiger partial charge in [0.25, 0.3) is 0 Å². The van der Waals surface area contributed by atoms with E-state index >= 15 is 0 Å². The van der Waals surface area contributed by atoms with Crippen LogP contribution in [0.2, 0.25) is 0 Å². The molecular formula is C12H18N. The van der Waals surface area contributed by atoms with Crippen LogP contribution in [0.3, 0.4) is 0 Å². The molecule has 1 nitrogen and oxygen atoms in total. The summed E-state index contributed by atoms with van der Waals surface area (Å²) in [5.74, 6) is 0. The summed E-state index contributed by atoms with van der Waals surface area (Å²) in [5.41, 5.74) is 1.25. The van der Waals surface area contributed by atoms with Gasteiger partial charge in [-0.25, -0.2) is 0 Å². The highest BCUT2D eigenvalue weighted by molar-refractivity contribution is 5.12. The van der Waals surface area contributed by atoms with E-state index in [1.165, 1.54) is 24.8 Å². The Balaban J connectivity index is 2.07. The average Bonchev–Trinajstić information content (AvgIpc) is 2.19. The maximum atomic E-state index is 3.41. The zero-order chi connectivity index (χ0) is 9.36. The molecule has 0 unspecified atom stereocenters. The maximum absolute atomic E-state index is 3.41. The van der Waals surface area contributed by atoms with Crippen molar-refractivity contribution in [1.82, 2.24) is 5.32 Å². The number of benzene rings is 1. The van der Waals surface area contributed by atoms with Gasteiger partial charge in [0.2, 0.25) is 0 Å². The first-order chi connectivity index (χ1) is 6.43. The van der Waals surface area contributed by atoms with Gasteiger partial charge < -0.3 is 5.32 Å². The molecule has 1 aromatic rings. The highest BCUT2D eigenvalue weighted by Gasteiger charge is 1.90. The number of hydrogen-bond donors (Lipinski definition) is 1. The summed E-state index contributed by atoms with van der Waals surface area (Å²) < 4.78 is 0. The largest absolute Gasteiger partial charge is 0.313 e. The van der Waals surface area contributed by atoms with Gasteiger partial charge in [0.15, 0.2) is 0 Å². The lowest BCUT2D eigenvalue weighted by Gasteiger charge is -2.03. The van der Waals surface area contributed by atoms with Crippen LogP contribution >= 0.6 is 0 Å². The summed E-state index contributed by atoms with van der Waals surface area (Å²) in [6.45, 7) is 4.30. The third-order valence-electron chi connectivity index (χ3n) is 2.05. The van der Waals surface area contributed by atoms with E-state index in [4.69, 9.17) is 0 Å². The second kappa shape index (κ2) is 6.67. The molecule has 0 bridgehead atoms. The van der Waals surface area contributed by atoms with Crippen molar-refractivity contribution in [2.45, 2.75) is 32.7 Å². The second-order valence-corrected chi connectivity index (χ2v) is 3.27. The number of hydrogen-bond acceptors (Lipinski definition) is 1. The molecule has 1 radical (unpaired) electrons. The quantitative estimate of drug-likeness (QED) is 0.657. The van der Waals surface area contributed by atoms with Crippen molar-refractivity contribution >= 4 is 0 Å². The lowest BCUT2D eigenvalue weighted by Crippen LogP contribution is -2.14. The molecule has 1 aromatic carbocycles. The van der Waals surface area contributed by atoms with E-state index in [0.717, 1.165) is 13.1 Å². The smallest absolute Gasteiger partial charge is 0.0211 e. The van der Waals surface area contributed by atoms with E-state index in [1.54, 1.807) is 0 Å². The molecule has 0 spiro atoms. The first-order valence-electron chi connectivity index (χ1n) is 5.10.